The molecule has 0 radical (unpaired) electrons. The third-order valence-corrected chi connectivity index (χ3v) is 3.58. The first kappa shape index (κ1) is 12.6. The Hall–Kier alpha value is -2.46. The standard InChI is InChI=1S/C13H7BrN4O2/c1-17-11(7(5-15)6-16-17)18-12(19)9-3-2-8(14)4-10(9)13(18)20/h2-4,6H,1H3. The highest BCUT2D eigenvalue weighted by molar-refractivity contribution is 9.10. The Balaban J connectivity index is 2.20. The number of rotatable bonds is 1. The van der Waals surface area contributed by atoms with Crippen molar-refractivity contribution in [3.63, 3.8) is 0 Å². The van der Waals surface area contributed by atoms with E-state index < -0.39 is 11.8 Å². The van der Waals surface area contributed by atoms with E-state index in [0.29, 0.717) is 15.6 Å². The van der Waals surface area contributed by atoms with Crippen LogP contribution in [0.25, 0.3) is 0 Å². The summed E-state index contributed by atoms with van der Waals surface area (Å²) < 4.78 is 2.06. The lowest BCUT2D eigenvalue weighted by molar-refractivity contribution is 0.0923. The van der Waals surface area contributed by atoms with E-state index in [0.717, 1.165) is 4.90 Å². The lowest BCUT2D eigenvalue weighted by Gasteiger charge is -2.13. The van der Waals surface area contributed by atoms with Crippen LogP contribution < -0.4 is 4.90 Å². The van der Waals surface area contributed by atoms with E-state index in [1.165, 1.54) is 10.9 Å². The number of aromatic nitrogens is 2. The van der Waals surface area contributed by atoms with Crippen LogP contribution in [-0.2, 0) is 7.05 Å². The largest absolute Gasteiger partial charge is 0.268 e. The highest BCUT2D eigenvalue weighted by atomic mass is 79.9. The molecule has 20 heavy (non-hydrogen) atoms. The number of aryl methyl sites for hydroxylation is 1. The van der Waals surface area contributed by atoms with Crippen LogP contribution in [0, 0.1) is 11.3 Å². The van der Waals surface area contributed by atoms with Crippen LogP contribution in [0.1, 0.15) is 26.3 Å². The van der Waals surface area contributed by atoms with Crippen molar-refractivity contribution in [1.82, 2.24) is 9.78 Å². The molecule has 3 rings (SSSR count). The minimum atomic E-state index is -0.452. The minimum Gasteiger partial charge on any atom is -0.268 e. The minimum absolute atomic E-state index is 0.182. The monoisotopic (exact) mass is 330 g/mol. The number of hydrogen-bond donors (Lipinski definition) is 0. The summed E-state index contributed by atoms with van der Waals surface area (Å²) >= 11 is 3.27. The number of hydrogen-bond acceptors (Lipinski definition) is 4. The molecule has 0 atom stereocenters. The zero-order valence-corrected chi connectivity index (χ0v) is 11.9. The Morgan fingerprint density at radius 1 is 1.25 bits per heavy atom. The van der Waals surface area contributed by atoms with E-state index in [1.807, 2.05) is 6.07 Å². The van der Waals surface area contributed by atoms with E-state index in [-0.39, 0.29) is 11.4 Å². The summed E-state index contributed by atoms with van der Waals surface area (Å²) in [4.78, 5) is 25.8. The van der Waals surface area contributed by atoms with Gasteiger partial charge >= 0.3 is 0 Å². The maximum atomic E-state index is 12.4. The van der Waals surface area contributed by atoms with Crippen molar-refractivity contribution in [3.8, 4) is 6.07 Å². The summed E-state index contributed by atoms with van der Waals surface area (Å²) in [6, 6.07) is 6.81. The Bertz CT molecular complexity index is 803. The number of imide groups is 1. The topological polar surface area (TPSA) is 79.0 Å². The number of amides is 2. The van der Waals surface area contributed by atoms with Crippen molar-refractivity contribution in [2.75, 3.05) is 4.90 Å². The van der Waals surface area contributed by atoms with Gasteiger partial charge in [0.1, 0.15) is 11.6 Å². The molecule has 6 nitrogen and oxygen atoms in total. The van der Waals surface area contributed by atoms with Crippen molar-refractivity contribution in [3.05, 3.63) is 45.6 Å². The summed E-state index contributed by atoms with van der Waals surface area (Å²) in [5, 5.41) is 13.0. The molecular weight excluding hydrogens is 324 g/mol. The smallest absolute Gasteiger partial charge is 0.267 e. The second kappa shape index (κ2) is 4.28. The van der Waals surface area contributed by atoms with E-state index in [1.54, 1.807) is 25.2 Å². The number of carbonyl (C=O) groups is 2. The van der Waals surface area contributed by atoms with Crippen molar-refractivity contribution >= 4 is 33.6 Å². The van der Waals surface area contributed by atoms with Gasteiger partial charge in [-0.25, -0.2) is 4.90 Å². The molecule has 0 bridgehead atoms. The Kier molecular flexibility index (Phi) is 2.69. The van der Waals surface area contributed by atoms with Gasteiger partial charge in [0.25, 0.3) is 11.8 Å². The number of nitrogens with zero attached hydrogens (tertiary/aromatic N) is 4. The SMILES string of the molecule is Cn1ncc(C#N)c1N1C(=O)c2ccc(Br)cc2C1=O. The van der Waals surface area contributed by atoms with Crippen molar-refractivity contribution in [2.45, 2.75) is 0 Å². The van der Waals surface area contributed by atoms with Crippen molar-refractivity contribution in [2.24, 2.45) is 7.05 Å². The van der Waals surface area contributed by atoms with Crippen molar-refractivity contribution < 1.29 is 9.59 Å². The Labute approximate surface area is 122 Å². The molecule has 0 saturated carbocycles. The second-order valence-corrected chi connectivity index (χ2v) is 5.17. The van der Waals surface area contributed by atoms with Gasteiger partial charge in [-0.15, -0.1) is 0 Å². The zero-order chi connectivity index (χ0) is 14.4. The summed E-state index contributed by atoms with van der Waals surface area (Å²) in [5.41, 5.74) is 0.818. The molecule has 7 heteroatoms. The molecule has 1 aliphatic rings. The molecule has 1 aromatic carbocycles. The number of halogens is 1. The van der Waals surface area contributed by atoms with Crippen LogP contribution in [0.5, 0.6) is 0 Å². The molecule has 1 aliphatic heterocycles. The number of anilines is 1. The average Bonchev–Trinajstić information content (AvgIpc) is 2.89. The highest BCUT2D eigenvalue weighted by Crippen LogP contribution is 2.31. The Morgan fingerprint density at radius 3 is 2.65 bits per heavy atom. The summed E-state index contributed by atoms with van der Waals surface area (Å²) in [5.74, 6) is -0.709. The molecule has 0 spiro atoms. The molecular formula is C13H7BrN4O2. The molecule has 2 amide bonds. The molecule has 0 unspecified atom stereocenters. The van der Waals surface area contributed by atoms with E-state index in [2.05, 4.69) is 21.0 Å². The lowest BCUT2D eigenvalue weighted by atomic mass is 10.1. The third-order valence-electron chi connectivity index (χ3n) is 3.09. The van der Waals surface area contributed by atoms with Gasteiger partial charge in [-0.3, -0.25) is 14.3 Å². The first-order valence-electron chi connectivity index (χ1n) is 5.65. The van der Waals surface area contributed by atoms with Crippen molar-refractivity contribution in [1.29, 1.82) is 5.26 Å². The number of fused-ring (bicyclic) bond motifs is 1. The fourth-order valence-corrected chi connectivity index (χ4v) is 2.54. The van der Waals surface area contributed by atoms with Gasteiger partial charge in [0.2, 0.25) is 0 Å². The Morgan fingerprint density at radius 2 is 1.95 bits per heavy atom. The quantitative estimate of drug-likeness (QED) is 0.747. The predicted octanol–water partition coefficient (Wildman–Crippen LogP) is 1.85. The first-order valence-corrected chi connectivity index (χ1v) is 6.44. The fourth-order valence-electron chi connectivity index (χ4n) is 2.18. The van der Waals surface area contributed by atoms with Gasteiger partial charge in [0.15, 0.2) is 5.82 Å². The summed E-state index contributed by atoms with van der Waals surface area (Å²) in [6.45, 7) is 0. The van der Waals surface area contributed by atoms with Crippen LogP contribution in [0.3, 0.4) is 0 Å². The van der Waals surface area contributed by atoms with E-state index >= 15 is 0 Å². The normalized spacial score (nSPS) is 13.6. The first-order chi connectivity index (χ1) is 9.54. The highest BCUT2D eigenvalue weighted by Gasteiger charge is 2.39. The molecule has 98 valence electrons. The molecule has 0 saturated heterocycles. The van der Waals surface area contributed by atoms with E-state index in [9.17, 15) is 9.59 Å². The molecule has 2 aromatic rings. The van der Waals surface area contributed by atoms with Crippen LogP contribution >= 0.6 is 15.9 Å². The summed E-state index contributed by atoms with van der Waals surface area (Å²) in [6.07, 6.45) is 1.33. The van der Waals surface area contributed by atoms with Gasteiger partial charge in [-0.05, 0) is 18.2 Å². The van der Waals surface area contributed by atoms with Crippen LogP contribution in [0.15, 0.2) is 28.9 Å². The number of nitriles is 1. The molecule has 0 aliphatic carbocycles. The maximum Gasteiger partial charge on any atom is 0.267 e. The van der Waals surface area contributed by atoms with Gasteiger partial charge in [0.05, 0.1) is 17.3 Å². The average molecular weight is 331 g/mol. The van der Waals surface area contributed by atoms with Gasteiger partial charge in [-0.2, -0.15) is 10.4 Å². The zero-order valence-electron chi connectivity index (χ0n) is 10.3. The van der Waals surface area contributed by atoms with Crippen LogP contribution in [-0.4, -0.2) is 21.6 Å². The lowest BCUT2D eigenvalue weighted by Crippen LogP contribution is -2.31. The molecule has 1 aromatic heterocycles. The molecule has 0 N–H and O–H groups in total. The second-order valence-electron chi connectivity index (χ2n) is 4.25. The van der Waals surface area contributed by atoms with Gasteiger partial charge in [0, 0.05) is 11.5 Å². The maximum absolute atomic E-state index is 12.4. The van der Waals surface area contributed by atoms with Gasteiger partial charge < -0.3 is 0 Å². The molecule has 2 heterocycles. The predicted molar refractivity (Wildman–Crippen MR) is 73.2 cm³/mol. The summed E-state index contributed by atoms with van der Waals surface area (Å²) in [7, 11) is 1.58. The fraction of sp³-hybridized carbons (Fsp3) is 0.0769. The molecule has 0 fully saturated rings. The van der Waals surface area contributed by atoms with Gasteiger partial charge in [-0.1, -0.05) is 15.9 Å². The van der Waals surface area contributed by atoms with Crippen LogP contribution in [0.2, 0.25) is 0 Å². The van der Waals surface area contributed by atoms with Crippen LogP contribution in [0.4, 0.5) is 5.82 Å². The third kappa shape index (κ3) is 1.58. The van der Waals surface area contributed by atoms with E-state index in [4.69, 9.17) is 5.26 Å². The number of benzene rings is 1. The number of carbonyl (C=O) groups excluding carboxylic acids is 2.